The van der Waals surface area contributed by atoms with E-state index in [0.717, 1.165) is 6.54 Å². The lowest BCUT2D eigenvalue weighted by atomic mass is 10.3. The average Bonchev–Trinajstić information content (AvgIpc) is 2.67. The van der Waals surface area contributed by atoms with Crippen LogP contribution >= 0.6 is 0 Å². The molecule has 0 aromatic carbocycles. The van der Waals surface area contributed by atoms with Crippen LogP contribution in [-0.4, -0.2) is 30.1 Å². The predicted octanol–water partition coefficient (Wildman–Crippen LogP) is -0.955. The summed E-state index contributed by atoms with van der Waals surface area (Å²) in [6.07, 6.45) is 0. The van der Waals surface area contributed by atoms with Crippen molar-refractivity contribution in [3.05, 3.63) is 0 Å². The van der Waals surface area contributed by atoms with Crippen molar-refractivity contribution in [2.24, 2.45) is 5.73 Å². The number of hydrogen-bond donors (Lipinski definition) is 1. The zero-order chi connectivity index (χ0) is 7.56. The molecule has 1 rings (SSSR count). The summed E-state index contributed by atoms with van der Waals surface area (Å²) in [5, 5.41) is 16.6. The maximum atomic E-state index is 8.35. The highest BCUT2D eigenvalue weighted by atomic mass is 15.3. The van der Waals surface area contributed by atoms with Crippen LogP contribution in [0.2, 0.25) is 0 Å². The maximum absolute atomic E-state index is 8.35. The highest BCUT2D eigenvalue weighted by Crippen LogP contribution is 2.14. The van der Waals surface area contributed by atoms with E-state index in [1.807, 2.05) is 11.0 Å². The van der Waals surface area contributed by atoms with E-state index in [2.05, 4.69) is 6.07 Å². The van der Waals surface area contributed by atoms with Crippen molar-refractivity contribution in [1.29, 1.82) is 10.5 Å². The predicted molar refractivity (Wildman–Crippen MR) is 34.6 cm³/mol. The molecule has 1 fully saturated rings. The third-order valence-corrected chi connectivity index (χ3v) is 1.46. The van der Waals surface area contributed by atoms with E-state index in [9.17, 15) is 0 Å². The first-order valence-corrected chi connectivity index (χ1v) is 3.07. The molecule has 4 heteroatoms. The average molecular weight is 136 g/mol. The van der Waals surface area contributed by atoms with Crippen LogP contribution in [0, 0.1) is 22.7 Å². The molecule has 3 unspecified atom stereocenters. The Hall–Kier alpha value is -1.10. The summed E-state index contributed by atoms with van der Waals surface area (Å²) in [7, 11) is 0. The van der Waals surface area contributed by atoms with Gasteiger partial charge in [0.25, 0.3) is 0 Å². The van der Waals surface area contributed by atoms with Crippen LogP contribution in [0.25, 0.3) is 0 Å². The van der Waals surface area contributed by atoms with Gasteiger partial charge in [0, 0.05) is 13.1 Å². The second kappa shape index (κ2) is 2.66. The molecule has 1 heterocycles. The van der Waals surface area contributed by atoms with Gasteiger partial charge in [0.05, 0.1) is 12.1 Å². The lowest BCUT2D eigenvalue weighted by Crippen LogP contribution is -2.27. The molecule has 1 aliphatic heterocycles. The summed E-state index contributed by atoms with van der Waals surface area (Å²) in [6.45, 7) is 1.29. The van der Waals surface area contributed by atoms with E-state index >= 15 is 0 Å². The van der Waals surface area contributed by atoms with E-state index in [4.69, 9.17) is 16.3 Å². The minimum absolute atomic E-state index is 0.0133. The van der Waals surface area contributed by atoms with Crippen molar-refractivity contribution in [3.8, 4) is 12.1 Å². The van der Waals surface area contributed by atoms with Gasteiger partial charge in [-0.3, -0.25) is 4.90 Å². The van der Waals surface area contributed by atoms with Gasteiger partial charge in [0.15, 0.2) is 0 Å². The van der Waals surface area contributed by atoms with Gasteiger partial charge < -0.3 is 5.73 Å². The Morgan fingerprint density at radius 2 is 2.40 bits per heavy atom. The molecule has 0 aromatic rings. The lowest BCUT2D eigenvalue weighted by Gasteiger charge is -2.00. The molecule has 0 spiro atoms. The fourth-order valence-electron chi connectivity index (χ4n) is 0.793. The van der Waals surface area contributed by atoms with Crippen LogP contribution in [0.3, 0.4) is 0 Å². The number of nitriles is 2. The molecule has 3 atom stereocenters. The smallest absolute Gasteiger partial charge is 0.111 e. The van der Waals surface area contributed by atoms with Gasteiger partial charge >= 0.3 is 0 Å². The first-order chi connectivity index (χ1) is 4.77. The molecule has 0 bridgehead atoms. The van der Waals surface area contributed by atoms with Gasteiger partial charge in [0.1, 0.15) is 12.1 Å². The molecule has 4 nitrogen and oxygen atoms in total. The molecule has 52 valence electrons. The standard InChI is InChI=1S/C6H8N4/c7-1-5(9)3-10-4-6(10)2-8/h5-6H,3-4,9H2. The number of nitrogens with zero attached hydrogens (tertiary/aromatic N) is 3. The SMILES string of the molecule is N#CC(N)CN1CC1C#N. The zero-order valence-electron chi connectivity index (χ0n) is 5.49. The third kappa shape index (κ3) is 1.44. The Kier molecular flexibility index (Phi) is 1.86. The molecular formula is C6H8N4. The van der Waals surface area contributed by atoms with E-state index in [0.29, 0.717) is 6.54 Å². The zero-order valence-corrected chi connectivity index (χ0v) is 5.49. The quantitative estimate of drug-likeness (QED) is 0.496. The van der Waals surface area contributed by atoms with Gasteiger partial charge in [-0.25, -0.2) is 0 Å². The lowest BCUT2D eigenvalue weighted by molar-refractivity contribution is 0.511. The van der Waals surface area contributed by atoms with Crippen molar-refractivity contribution < 1.29 is 0 Å². The number of nitrogens with two attached hydrogens (primary N) is 1. The third-order valence-electron chi connectivity index (χ3n) is 1.46. The first kappa shape index (κ1) is 7.01. The van der Waals surface area contributed by atoms with Gasteiger partial charge in [-0.05, 0) is 0 Å². The van der Waals surface area contributed by atoms with Crippen molar-refractivity contribution in [3.63, 3.8) is 0 Å². The second-order valence-electron chi connectivity index (χ2n) is 2.33. The van der Waals surface area contributed by atoms with Crippen molar-refractivity contribution in [1.82, 2.24) is 4.90 Å². The summed E-state index contributed by atoms with van der Waals surface area (Å²) in [6, 6.07) is 3.55. The Morgan fingerprint density at radius 3 is 2.80 bits per heavy atom. The first-order valence-electron chi connectivity index (χ1n) is 3.07. The summed E-state index contributed by atoms with van der Waals surface area (Å²) in [4.78, 5) is 1.87. The summed E-state index contributed by atoms with van der Waals surface area (Å²) in [5.74, 6) is 0. The van der Waals surface area contributed by atoms with E-state index < -0.39 is 6.04 Å². The van der Waals surface area contributed by atoms with Crippen LogP contribution in [0.5, 0.6) is 0 Å². The topological polar surface area (TPSA) is 76.6 Å². The van der Waals surface area contributed by atoms with Gasteiger partial charge in [-0.1, -0.05) is 0 Å². The van der Waals surface area contributed by atoms with Crippen LogP contribution in [0.15, 0.2) is 0 Å². The Labute approximate surface area is 59.4 Å². The Bertz CT molecular complexity index is 199. The molecule has 2 N–H and O–H groups in total. The summed E-state index contributed by atoms with van der Waals surface area (Å²) >= 11 is 0. The molecular weight excluding hydrogens is 128 g/mol. The Morgan fingerprint density at radius 1 is 1.70 bits per heavy atom. The minimum Gasteiger partial charge on any atom is -0.315 e. The van der Waals surface area contributed by atoms with Crippen LogP contribution in [-0.2, 0) is 0 Å². The fraction of sp³-hybridized carbons (Fsp3) is 0.667. The van der Waals surface area contributed by atoms with Crippen molar-refractivity contribution in [2.45, 2.75) is 12.1 Å². The van der Waals surface area contributed by atoms with Crippen LogP contribution in [0.1, 0.15) is 0 Å². The highest BCUT2D eigenvalue weighted by molar-refractivity contribution is 5.08. The maximum Gasteiger partial charge on any atom is 0.111 e. The minimum atomic E-state index is -0.446. The largest absolute Gasteiger partial charge is 0.315 e. The summed E-state index contributed by atoms with van der Waals surface area (Å²) in [5.41, 5.74) is 5.32. The van der Waals surface area contributed by atoms with Gasteiger partial charge in [0.2, 0.25) is 0 Å². The van der Waals surface area contributed by atoms with E-state index in [1.54, 1.807) is 0 Å². The van der Waals surface area contributed by atoms with E-state index in [-0.39, 0.29) is 6.04 Å². The Balaban J connectivity index is 2.20. The molecule has 1 saturated heterocycles. The molecule has 0 amide bonds. The van der Waals surface area contributed by atoms with Crippen molar-refractivity contribution >= 4 is 0 Å². The van der Waals surface area contributed by atoms with Gasteiger partial charge in [-0.2, -0.15) is 10.5 Å². The monoisotopic (exact) mass is 136 g/mol. The summed E-state index contributed by atoms with van der Waals surface area (Å²) < 4.78 is 0. The van der Waals surface area contributed by atoms with E-state index in [1.165, 1.54) is 0 Å². The molecule has 0 saturated carbocycles. The molecule has 0 aliphatic carbocycles. The van der Waals surface area contributed by atoms with Crippen LogP contribution in [0.4, 0.5) is 0 Å². The molecule has 0 aromatic heterocycles. The normalized spacial score (nSPS) is 31.9. The molecule has 0 radical (unpaired) electrons. The fourth-order valence-corrected chi connectivity index (χ4v) is 0.793. The molecule has 1 aliphatic rings. The van der Waals surface area contributed by atoms with Gasteiger partial charge in [-0.15, -0.1) is 0 Å². The highest BCUT2D eigenvalue weighted by Gasteiger charge is 2.34. The number of hydrogen-bond acceptors (Lipinski definition) is 4. The number of rotatable bonds is 2. The van der Waals surface area contributed by atoms with Crippen molar-refractivity contribution in [2.75, 3.05) is 13.1 Å². The van der Waals surface area contributed by atoms with Crippen LogP contribution < -0.4 is 5.73 Å². The second-order valence-corrected chi connectivity index (χ2v) is 2.33. The molecule has 10 heavy (non-hydrogen) atoms.